The van der Waals surface area contributed by atoms with E-state index < -0.39 is 27.4 Å². The van der Waals surface area contributed by atoms with Gasteiger partial charge in [-0.15, -0.1) is 4.33 Å². The van der Waals surface area contributed by atoms with Crippen LogP contribution in [0.5, 0.6) is 0 Å². The average Bonchev–Trinajstić information content (AvgIpc) is 3.02. The van der Waals surface area contributed by atoms with Gasteiger partial charge in [0, 0.05) is 32.7 Å². The molecule has 0 unspecified atom stereocenters. The summed E-state index contributed by atoms with van der Waals surface area (Å²) in [7, 11) is -2.56. The molecule has 0 saturated heterocycles. The van der Waals surface area contributed by atoms with Crippen LogP contribution in [0, 0.1) is 11.8 Å². The second-order valence-electron chi connectivity index (χ2n) is 10.2. The largest absolute Gasteiger partial charge is 1.00 e. The summed E-state index contributed by atoms with van der Waals surface area (Å²) in [6.07, 6.45) is 1.72. The minimum Gasteiger partial charge on any atom is -0.870 e. The van der Waals surface area contributed by atoms with Crippen molar-refractivity contribution in [1.82, 2.24) is 10.6 Å². The van der Waals surface area contributed by atoms with E-state index in [1.165, 1.54) is 7.11 Å². The first-order chi connectivity index (χ1) is 21.6. The molecule has 0 saturated carbocycles. The van der Waals surface area contributed by atoms with Crippen molar-refractivity contribution < 1.29 is 114 Å². The fourth-order valence-corrected chi connectivity index (χ4v) is 3.37. The van der Waals surface area contributed by atoms with E-state index >= 15 is 0 Å². The fourth-order valence-electron chi connectivity index (χ4n) is 3.37. The van der Waals surface area contributed by atoms with Gasteiger partial charge < -0.3 is 40.0 Å². The van der Waals surface area contributed by atoms with Gasteiger partial charge in [-0.25, -0.2) is 9.47 Å². The van der Waals surface area contributed by atoms with Crippen LogP contribution >= 0.6 is 0 Å². The quantitative estimate of drug-likeness (QED) is 0.0614. The molecule has 0 fully saturated rings. The van der Waals surface area contributed by atoms with E-state index in [0.29, 0.717) is 19.7 Å². The number of ether oxygens (including phenoxy) is 3. The van der Waals surface area contributed by atoms with Gasteiger partial charge in [0.05, 0.1) is 51.1 Å². The molecule has 2 aromatic rings. The molecule has 2 rings (SSSR count). The minimum absolute atomic E-state index is 0. The molecule has 268 valence electrons. The van der Waals surface area contributed by atoms with Crippen LogP contribution in [0.15, 0.2) is 60.7 Å². The molecule has 0 aliphatic rings. The number of hydrogen-bond acceptors (Lipinski definition) is 12. The molecule has 0 heterocycles. The minimum atomic E-state index is -4.06. The topological polar surface area (TPSA) is 237 Å². The van der Waals surface area contributed by atoms with Crippen LogP contribution in [0.4, 0.5) is 0 Å². The Morgan fingerprint density at radius 2 is 1.12 bits per heavy atom. The van der Waals surface area contributed by atoms with Gasteiger partial charge in [0.15, 0.2) is 0 Å². The van der Waals surface area contributed by atoms with E-state index in [9.17, 15) is 23.4 Å². The molecule has 17 heteroatoms. The van der Waals surface area contributed by atoms with Crippen LogP contribution in [0.1, 0.15) is 37.8 Å². The van der Waals surface area contributed by atoms with Crippen molar-refractivity contribution in [1.29, 1.82) is 0 Å². The number of amides is 2. The maximum absolute atomic E-state index is 12.0. The smallest absolute Gasteiger partial charge is 0.870 e. The molecule has 2 amide bonds. The zero-order valence-corrected chi connectivity index (χ0v) is 32.4. The summed E-state index contributed by atoms with van der Waals surface area (Å²) in [6, 6.07) is 19.0. The van der Waals surface area contributed by atoms with Gasteiger partial charge in [-0.3, -0.25) is 19.2 Å². The van der Waals surface area contributed by atoms with E-state index in [1.807, 2.05) is 60.7 Å². The monoisotopic (exact) mass is 728 g/mol. The van der Waals surface area contributed by atoms with Crippen molar-refractivity contribution in [3.63, 3.8) is 0 Å². The number of aliphatic hydroxyl groups is 1. The zero-order valence-electron chi connectivity index (χ0n) is 28.5. The van der Waals surface area contributed by atoms with Crippen molar-refractivity contribution >= 4 is 33.4 Å². The normalized spacial score (nSPS) is 12.1. The number of nitrogens with one attached hydrogen (secondary N) is 2. The van der Waals surface area contributed by atoms with E-state index in [4.69, 9.17) is 29.1 Å². The summed E-state index contributed by atoms with van der Waals surface area (Å²) in [5.41, 5.74) is 1.97. The van der Waals surface area contributed by atoms with Crippen LogP contribution in [0.3, 0.4) is 0 Å². The maximum atomic E-state index is 12.0. The third kappa shape index (κ3) is 26.8. The number of carbonyl (C=O) groups excluding carboxylic acids is 4. The van der Waals surface area contributed by atoms with Gasteiger partial charge in [0.25, 0.3) is 0 Å². The second-order valence-corrected chi connectivity index (χ2v) is 13.7. The standard InChI is InChI=1S/C15H21NO4.C14H19NO4.C2H8O4S.K.H2O/c1-3-20-14(17)9-13(11-19-2)15(18)16-10-12-7-5-4-6-8-12;1-2-19-13(17)8-12(10-16)14(18)15-9-11-6-4-3-5-7-11;1-7(2,4,5)6-3;;/h4-8,13H,3,9-11H2,1-2H3,(H,16,18);3-7,12,16H,2,8-10H2,1H3,(H,15,18);3H,1-2H3,(H,4,5);;1H2/q;;;+1;/p-1/t13-;12-;;;/m11.../s1. The van der Waals surface area contributed by atoms with Crippen molar-refractivity contribution in [2.45, 2.75) is 39.8 Å². The van der Waals surface area contributed by atoms with E-state index in [0.717, 1.165) is 23.6 Å². The third-order valence-corrected chi connectivity index (χ3v) is 6.02. The molecule has 48 heavy (non-hydrogen) atoms. The Morgan fingerprint density at radius 1 is 0.771 bits per heavy atom. The van der Waals surface area contributed by atoms with Gasteiger partial charge in [-0.05, 0) is 25.0 Å². The molecule has 15 nitrogen and oxygen atoms in total. The molecule has 0 radical (unpaired) electrons. The van der Waals surface area contributed by atoms with Crippen LogP contribution in [-0.4, -0.2) is 94.4 Å². The van der Waals surface area contributed by atoms with Crippen LogP contribution in [0.25, 0.3) is 0 Å². The summed E-state index contributed by atoms with van der Waals surface area (Å²) >= 11 is 0. The van der Waals surface area contributed by atoms with E-state index in [2.05, 4.69) is 15.0 Å². The number of aliphatic hydroxyl groups excluding tert-OH is 1. The van der Waals surface area contributed by atoms with Gasteiger partial charge in [-0.2, -0.15) is 0 Å². The molecule has 0 aliphatic heterocycles. The van der Waals surface area contributed by atoms with Gasteiger partial charge in [0.2, 0.25) is 11.8 Å². The first-order valence-corrected chi connectivity index (χ1v) is 17.1. The maximum Gasteiger partial charge on any atom is 1.00 e. The molecule has 0 aliphatic carbocycles. The Kier molecular flexibility index (Phi) is 29.0. The molecular formula is C31H49KN2O13S. The Bertz CT molecular complexity index is 1240. The first kappa shape index (κ1) is 50.2. The third-order valence-electron chi connectivity index (χ3n) is 5.60. The molecule has 0 aromatic heterocycles. The first-order valence-electron chi connectivity index (χ1n) is 14.4. The van der Waals surface area contributed by atoms with Crippen molar-refractivity contribution in [2.75, 3.05) is 46.0 Å². The van der Waals surface area contributed by atoms with Crippen LogP contribution < -0.4 is 62.0 Å². The number of esters is 2. The number of benzene rings is 2. The summed E-state index contributed by atoms with van der Waals surface area (Å²) in [6.45, 7) is 4.63. The summed E-state index contributed by atoms with van der Waals surface area (Å²) in [5.74, 6) is -2.70. The Hall–Kier alpha value is -2.13. The van der Waals surface area contributed by atoms with E-state index in [-0.39, 0.29) is 107 Å². The average molecular weight is 729 g/mol. The fraction of sp³-hybridized carbons (Fsp3) is 0.484. The molecule has 6 N–H and O–H groups in total. The second kappa shape index (κ2) is 27.7. The molecular weight excluding hydrogens is 680 g/mol. The van der Waals surface area contributed by atoms with Crippen LogP contribution in [-0.2, 0) is 60.4 Å². The van der Waals surface area contributed by atoms with Gasteiger partial charge in [-0.1, -0.05) is 60.7 Å². The SMILES string of the molecule is CCOC(=O)C[C@H](CO)C(=O)NCc1ccccc1.CCOC(=O)C[C@H](COC)C(=O)NCc1ccccc1.CS(C)(=O)(O)OO.[K+].[OH-]. The van der Waals surface area contributed by atoms with E-state index in [1.54, 1.807) is 13.8 Å². The molecule has 2 atom stereocenters. The van der Waals surface area contributed by atoms with Crippen molar-refractivity contribution in [2.24, 2.45) is 11.8 Å². The molecule has 0 bridgehead atoms. The Labute approximate surface area is 324 Å². The molecule has 2 aromatic carbocycles. The number of rotatable bonds is 16. The van der Waals surface area contributed by atoms with Crippen molar-refractivity contribution in [3.05, 3.63) is 71.8 Å². The summed E-state index contributed by atoms with van der Waals surface area (Å²) < 4.78 is 36.4. The van der Waals surface area contributed by atoms with Crippen LogP contribution in [0.2, 0.25) is 0 Å². The summed E-state index contributed by atoms with van der Waals surface area (Å²) in [5, 5.41) is 22.3. The zero-order chi connectivity index (χ0) is 35.0. The van der Waals surface area contributed by atoms with Gasteiger partial charge in [0.1, 0.15) is 9.63 Å². The predicted octanol–water partition coefficient (Wildman–Crippen LogP) is -0.846. The predicted molar refractivity (Wildman–Crippen MR) is 173 cm³/mol. The summed E-state index contributed by atoms with van der Waals surface area (Å²) in [4.78, 5) is 46.6. The van der Waals surface area contributed by atoms with Gasteiger partial charge >= 0.3 is 63.3 Å². The number of hydrogen-bond donors (Lipinski definition) is 5. The Balaban J connectivity index is -0.000000682. The Morgan fingerprint density at radius 3 is 1.44 bits per heavy atom. The number of carbonyl (C=O) groups is 4. The molecule has 0 spiro atoms. The van der Waals surface area contributed by atoms with Crippen molar-refractivity contribution in [3.8, 4) is 0 Å². The number of methoxy groups -OCH3 is 1.